The molecule has 0 aliphatic carbocycles. The van der Waals surface area contributed by atoms with Crippen LogP contribution in [-0.4, -0.2) is 30.6 Å². The lowest BCUT2D eigenvalue weighted by Crippen LogP contribution is -2.38. The summed E-state index contributed by atoms with van der Waals surface area (Å²) in [6, 6.07) is 10.6. The molecule has 2 heteroatoms. The maximum atomic E-state index is 2.26. The predicted octanol–water partition coefficient (Wildman–Crippen LogP) is 2.11. The van der Waals surface area contributed by atoms with Gasteiger partial charge in [-0.1, -0.05) is 30.3 Å². The molecule has 74 valence electrons. The Morgan fingerprint density at radius 2 is 1.62 bits per heavy atom. The van der Waals surface area contributed by atoms with Crippen molar-refractivity contribution in [3.63, 3.8) is 0 Å². The van der Waals surface area contributed by atoms with Crippen LogP contribution < -0.4 is 0 Å². The largest absolute Gasteiger partial charge is 0.870 e. The van der Waals surface area contributed by atoms with E-state index in [9.17, 15) is 0 Å². The van der Waals surface area contributed by atoms with E-state index in [1.165, 1.54) is 12.1 Å². The van der Waals surface area contributed by atoms with Crippen LogP contribution in [0.3, 0.4) is 0 Å². The second-order valence-electron chi connectivity index (χ2n) is 3.90. The lowest BCUT2D eigenvalue weighted by atomic mass is 10.2. The monoisotopic (exact) mass is 181 g/mol. The molecule has 1 aromatic rings. The Morgan fingerprint density at radius 3 is 2.08 bits per heavy atom. The van der Waals surface area contributed by atoms with Gasteiger partial charge in [0, 0.05) is 5.56 Å². The quantitative estimate of drug-likeness (QED) is 0.657. The molecule has 0 bridgehead atoms. The van der Waals surface area contributed by atoms with E-state index in [4.69, 9.17) is 0 Å². The molecule has 0 saturated heterocycles. The number of quaternary nitrogens is 1. The summed E-state index contributed by atoms with van der Waals surface area (Å²) in [4.78, 5) is 0. The van der Waals surface area contributed by atoms with Gasteiger partial charge >= 0.3 is 0 Å². The first-order valence-corrected chi connectivity index (χ1v) is 4.50. The predicted molar refractivity (Wildman–Crippen MR) is 54.7 cm³/mol. The minimum atomic E-state index is 0. The highest BCUT2D eigenvalue weighted by atomic mass is 16.0. The topological polar surface area (TPSA) is 30.0 Å². The molecule has 0 fully saturated rings. The molecular formula is C11H19NO. The van der Waals surface area contributed by atoms with E-state index in [1.807, 2.05) is 0 Å². The molecule has 0 atom stereocenters. The van der Waals surface area contributed by atoms with Crippen molar-refractivity contribution in [1.29, 1.82) is 0 Å². The summed E-state index contributed by atoms with van der Waals surface area (Å²) in [6.07, 6.45) is 0. The second-order valence-corrected chi connectivity index (χ2v) is 3.90. The van der Waals surface area contributed by atoms with Gasteiger partial charge < -0.3 is 9.96 Å². The van der Waals surface area contributed by atoms with Crippen LogP contribution in [0.5, 0.6) is 0 Å². The molecule has 0 heterocycles. The van der Waals surface area contributed by atoms with Gasteiger partial charge in [0.1, 0.15) is 6.54 Å². The van der Waals surface area contributed by atoms with Crippen molar-refractivity contribution in [2.24, 2.45) is 0 Å². The summed E-state index contributed by atoms with van der Waals surface area (Å²) in [5.41, 5.74) is 1.42. The molecule has 2 nitrogen and oxygen atoms in total. The van der Waals surface area contributed by atoms with E-state index in [2.05, 4.69) is 51.4 Å². The fourth-order valence-corrected chi connectivity index (χ4v) is 1.19. The van der Waals surface area contributed by atoms with E-state index in [1.54, 1.807) is 0 Å². The molecule has 0 saturated carbocycles. The lowest BCUT2D eigenvalue weighted by Gasteiger charge is -2.28. The van der Waals surface area contributed by atoms with Gasteiger partial charge in [0.25, 0.3) is 0 Å². The molecule has 0 aliphatic heterocycles. The van der Waals surface area contributed by atoms with Crippen LogP contribution in [0.2, 0.25) is 0 Å². The molecule has 0 radical (unpaired) electrons. The third-order valence-corrected chi connectivity index (χ3v) is 2.31. The zero-order chi connectivity index (χ0) is 9.03. The SMILES string of the molecule is CC[N+](C)(C)Cc1ccccc1.[OH-]. The van der Waals surface area contributed by atoms with Gasteiger partial charge in [-0.2, -0.15) is 0 Å². The van der Waals surface area contributed by atoms with Crippen LogP contribution in [0.15, 0.2) is 30.3 Å². The van der Waals surface area contributed by atoms with E-state index >= 15 is 0 Å². The summed E-state index contributed by atoms with van der Waals surface area (Å²) in [7, 11) is 4.51. The smallest absolute Gasteiger partial charge is 0.104 e. The Morgan fingerprint density at radius 1 is 1.08 bits per heavy atom. The first-order valence-electron chi connectivity index (χ1n) is 4.50. The molecule has 0 spiro atoms. The lowest BCUT2D eigenvalue weighted by molar-refractivity contribution is -0.901. The maximum absolute atomic E-state index is 2.26. The fraction of sp³-hybridized carbons (Fsp3) is 0.455. The minimum absolute atomic E-state index is 0. The average Bonchev–Trinajstić information content (AvgIpc) is 2.06. The van der Waals surface area contributed by atoms with Gasteiger partial charge in [-0.15, -0.1) is 0 Å². The van der Waals surface area contributed by atoms with Crippen molar-refractivity contribution in [1.82, 2.24) is 0 Å². The van der Waals surface area contributed by atoms with Crippen LogP contribution in [0, 0.1) is 0 Å². The third kappa shape index (κ3) is 4.06. The van der Waals surface area contributed by atoms with Crippen molar-refractivity contribution in [2.45, 2.75) is 13.5 Å². The second kappa shape index (κ2) is 5.00. The summed E-state index contributed by atoms with van der Waals surface area (Å²) in [6.45, 7) is 4.52. The molecule has 13 heavy (non-hydrogen) atoms. The Hall–Kier alpha value is -0.860. The number of benzene rings is 1. The Kier molecular flexibility index (Phi) is 4.67. The van der Waals surface area contributed by atoms with Crippen molar-refractivity contribution in [3.8, 4) is 0 Å². The standard InChI is InChI=1S/C11H18N.H2O/c1-4-12(2,3)10-11-8-6-5-7-9-11;/h5-9H,4,10H2,1-3H3;1H2/q+1;/p-1. The van der Waals surface area contributed by atoms with Gasteiger partial charge in [0.05, 0.1) is 20.6 Å². The van der Waals surface area contributed by atoms with Crippen LogP contribution in [-0.2, 0) is 6.54 Å². The average molecular weight is 181 g/mol. The number of hydrogen-bond acceptors (Lipinski definition) is 1. The van der Waals surface area contributed by atoms with Crippen LogP contribution in [0.25, 0.3) is 0 Å². The van der Waals surface area contributed by atoms with Crippen LogP contribution >= 0.6 is 0 Å². The minimum Gasteiger partial charge on any atom is -0.870 e. The summed E-state index contributed by atoms with van der Waals surface area (Å²) in [5, 5.41) is 0. The molecule has 0 amide bonds. The normalized spacial score (nSPS) is 10.7. The molecule has 0 aliphatic rings. The molecule has 0 unspecified atom stereocenters. The maximum Gasteiger partial charge on any atom is 0.104 e. The molecule has 1 aromatic carbocycles. The zero-order valence-electron chi connectivity index (χ0n) is 8.70. The van der Waals surface area contributed by atoms with Crippen molar-refractivity contribution >= 4 is 0 Å². The van der Waals surface area contributed by atoms with Gasteiger partial charge in [0.2, 0.25) is 0 Å². The number of hydrogen-bond donors (Lipinski definition) is 0. The molecule has 0 aromatic heterocycles. The van der Waals surface area contributed by atoms with Crippen molar-refractivity contribution < 1.29 is 9.96 Å². The highest BCUT2D eigenvalue weighted by molar-refractivity contribution is 5.13. The van der Waals surface area contributed by atoms with Crippen LogP contribution in [0.4, 0.5) is 0 Å². The Bertz CT molecular complexity index is 231. The van der Waals surface area contributed by atoms with Gasteiger partial charge in [-0.3, -0.25) is 0 Å². The van der Waals surface area contributed by atoms with E-state index in [-0.39, 0.29) is 5.48 Å². The first-order chi connectivity index (χ1) is 5.64. The number of rotatable bonds is 3. The summed E-state index contributed by atoms with van der Waals surface area (Å²) < 4.78 is 1.06. The Balaban J connectivity index is 0.00000144. The summed E-state index contributed by atoms with van der Waals surface area (Å²) >= 11 is 0. The van der Waals surface area contributed by atoms with Crippen LogP contribution in [0.1, 0.15) is 12.5 Å². The van der Waals surface area contributed by atoms with Crippen molar-refractivity contribution in [2.75, 3.05) is 20.6 Å². The fourth-order valence-electron chi connectivity index (χ4n) is 1.19. The highest BCUT2D eigenvalue weighted by Crippen LogP contribution is 2.07. The van der Waals surface area contributed by atoms with Gasteiger partial charge in [-0.05, 0) is 6.92 Å². The summed E-state index contributed by atoms with van der Waals surface area (Å²) in [5.74, 6) is 0. The van der Waals surface area contributed by atoms with Crippen molar-refractivity contribution in [3.05, 3.63) is 35.9 Å². The molecule has 1 N–H and O–H groups in total. The van der Waals surface area contributed by atoms with E-state index in [0.717, 1.165) is 11.0 Å². The first kappa shape index (κ1) is 12.1. The third-order valence-electron chi connectivity index (χ3n) is 2.31. The zero-order valence-corrected chi connectivity index (χ0v) is 8.70. The van der Waals surface area contributed by atoms with Gasteiger partial charge in [0.15, 0.2) is 0 Å². The highest BCUT2D eigenvalue weighted by Gasteiger charge is 2.11. The van der Waals surface area contributed by atoms with E-state index in [0.29, 0.717) is 0 Å². The number of nitrogens with zero attached hydrogens (tertiary/aromatic N) is 1. The Labute approximate surface area is 80.7 Å². The van der Waals surface area contributed by atoms with Gasteiger partial charge in [-0.25, -0.2) is 0 Å². The molecular weight excluding hydrogens is 162 g/mol. The van der Waals surface area contributed by atoms with E-state index < -0.39 is 0 Å². The molecule has 1 rings (SSSR count).